The molecule has 6 nitrogen and oxygen atoms in total. The van der Waals surface area contributed by atoms with E-state index in [1.807, 2.05) is 47.4 Å². The summed E-state index contributed by atoms with van der Waals surface area (Å²) in [6.45, 7) is 10.3. The van der Waals surface area contributed by atoms with Crippen LogP contribution in [0, 0.1) is 0 Å². The Morgan fingerprint density at radius 1 is 0.967 bits per heavy atom. The van der Waals surface area contributed by atoms with Crippen molar-refractivity contribution in [2.45, 2.75) is 26.8 Å². The first-order valence-electron chi connectivity index (χ1n) is 10.7. The van der Waals surface area contributed by atoms with Crippen molar-refractivity contribution in [3.8, 4) is 0 Å². The summed E-state index contributed by atoms with van der Waals surface area (Å²) >= 11 is 0. The highest BCUT2D eigenvalue weighted by Gasteiger charge is 2.21. The standard InChI is InChI=1S/C24H32N4O2/c1-4-28(19(2)3)22-12-10-20(11-13-22)24(30)25-18-23(29)27-16-14-26(15-17-27)21-8-6-5-7-9-21/h5-13,19H,4,14-18H2,1-3H3,(H,25,30). The van der Waals surface area contributed by atoms with Crippen molar-refractivity contribution in [1.29, 1.82) is 0 Å². The molecule has 30 heavy (non-hydrogen) atoms. The normalized spacial score (nSPS) is 14.0. The van der Waals surface area contributed by atoms with Gasteiger partial charge in [-0.1, -0.05) is 18.2 Å². The molecule has 2 amide bonds. The van der Waals surface area contributed by atoms with Crippen LogP contribution in [0.25, 0.3) is 0 Å². The molecule has 0 radical (unpaired) electrons. The number of nitrogens with one attached hydrogen (secondary N) is 1. The van der Waals surface area contributed by atoms with Crippen LogP contribution in [0.15, 0.2) is 54.6 Å². The fourth-order valence-corrected chi connectivity index (χ4v) is 3.87. The third-order valence-corrected chi connectivity index (χ3v) is 5.58. The summed E-state index contributed by atoms with van der Waals surface area (Å²) in [5.74, 6) is -0.255. The van der Waals surface area contributed by atoms with E-state index in [1.165, 1.54) is 5.69 Å². The number of rotatable bonds is 7. The largest absolute Gasteiger partial charge is 0.369 e. The van der Waals surface area contributed by atoms with Crippen molar-refractivity contribution < 1.29 is 9.59 Å². The first-order chi connectivity index (χ1) is 14.5. The summed E-state index contributed by atoms with van der Waals surface area (Å²) < 4.78 is 0. The van der Waals surface area contributed by atoms with Crippen LogP contribution in [0.3, 0.4) is 0 Å². The molecule has 1 aliphatic rings. The molecular formula is C24H32N4O2. The molecular weight excluding hydrogens is 376 g/mol. The quantitative estimate of drug-likeness (QED) is 0.765. The van der Waals surface area contributed by atoms with Gasteiger partial charge in [-0.05, 0) is 57.2 Å². The minimum Gasteiger partial charge on any atom is -0.369 e. The van der Waals surface area contributed by atoms with E-state index < -0.39 is 0 Å². The van der Waals surface area contributed by atoms with Crippen molar-refractivity contribution in [2.75, 3.05) is 49.1 Å². The molecule has 2 aromatic carbocycles. The Kier molecular flexibility index (Phi) is 7.33. The number of carbonyl (C=O) groups is 2. The molecule has 6 heteroatoms. The number of nitrogens with zero attached hydrogens (tertiary/aromatic N) is 3. The topological polar surface area (TPSA) is 55.9 Å². The van der Waals surface area contributed by atoms with Crippen molar-refractivity contribution >= 4 is 23.2 Å². The summed E-state index contributed by atoms with van der Waals surface area (Å²) in [4.78, 5) is 31.3. The monoisotopic (exact) mass is 408 g/mol. The lowest BCUT2D eigenvalue weighted by atomic mass is 10.1. The smallest absolute Gasteiger partial charge is 0.251 e. The van der Waals surface area contributed by atoms with Gasteiger partial charge in [0.1, 0.15) is 0 Å². The predicted molar refractivity (Wildman–Crippen MR) is 122 cm³/mol. The van der Waals surface area contributed by atoms with E-state index in [-0.39, 0.29) is 18.4 Å². The van der Waals surface area contributed by atoms with Gasteiger partial charge in [-0.3, -0.25) is 9.59 Å². The van der Waals surface area contributed by atoms with Crippen LogP contribution in [0.5, 0.6) is 0 Å². The molecule has 1 N–H and O–H groups in total. The summed E-state index contributed by atoms with van der Waals surface area (Å²) in [5, 5.41) is 2.77. The first kappa shape index (κ1) is 21.7. The molecule has 160 valence electrons. The Hall–Kier alpha value is -3.02. The van der Waals surface area contributed by atoms with E-state index >= 15 is 0 Å². The van der Waals surface area contributed by atoms with Crippen LogP contribution in [-0.2, 0) is 4.79 Å². The third-order valence-electron chi connectivity index (χ3n) is 5.58. The predicted octanol–water partition coefficient (Wildman–Crippen LogP) is 3.00. The molecule has 0 aliphatic carbocycles. The Balaban J connectivity index is 1.47. The van der Waals surface area contributed by atoms with E-state index in [4.69, 9.17) is 0 Å². The molecule has 1 saturated heterocycles. The van der Waals surface area contributed by atoms with E-state index in [0.717, 1.165) is 25.3 Å². The Morgan fingerprint density at radius 2 is 1.60 bits per heavy atom. The molecule has 0 atom stereocenters. The molecule has 0 saturated carbocycles. The highest BCUT2D eigenvalue weighted by molar-refractivity contribution is 5.96. The average Bonchev–Trinajstić information content (AvgIpc) is 2.78. The van der Waals surface area contributed by atoms with Gasteiger partial charge in [0.25, 0.3) is 5.91 Å². The average molecular weight is 409 g/mol. The van der Waals surface area contributed by atoms with E-state index in [0.29, 0.717) is 24.7 Å². The van der Waals surface area contributed by atoms with Gasteiger partial charge < -0.3 is 20.0 Å². The van der Waals surface area contributed by atoms with Gasteiger partial charge in [0.15, 0.2) is 0 Å². The summed E-state index contributed by atoms with van der Waals surface area (Å²) in [7, 11) is 0. The maximum Gasteiger partial charge on any atom is 0.251 e. The number of carbonyl (C=O) groups excluding carboxylic acids is 2. The van der Waals surface area contributed by atoms with Gasteiger partial charge in [-0.2, -0.15) is 0 Å². The second-order valence-corrected chi connectivity index (χ2v) is 7.81. The van der Waals surface area contributed by atoms with Gasteiger partial charge >= 0.3 is 0 Å². The zero-order chi connectivity index (χ0) is 21.5. The molecule has 1 heterocycles. The molecule has 3 rings (SSSR count). The lowest BCUT2D eigenvalue weighted by molar-refractivity contribution is -0.130. The lowest BCUT2D eigenvalue weighted by Gasteiger charge is -2.36. The van der Waals surface area contributed by atoms with Gasteiger partial charge in [-0.15, -0.1) is 0 Å². The van der Waals surface area contributed by atoms with Crippen molar-refractivity contribution in [3.05, 3.63) is 60.2 Å². The summed E-state index contributed by atoms with van der Waals surface area (Å²) in [6.07, 6.45) is 0. The van der Waals surface area contributed by atoms with Crippen LogP contribution in [-0.4, -0.2) is 62.0 Å². The van der Waals surface area contributed by atoms with E-state index in [1.54, 1.807) is 0 Å². The van der Waals surface area contributed by atoms with Crippen LogP contribution >= 0.6 is 0 Å². The first-order valence-corrected chi connectivity index (χ1v) is 10.7. The zero-order valence-corrected chi connectivity index (χ0v) is 18.2. The maximum absolute atomic E-state index is 12.5. The summed E-state index contributed by atoms with van der Waals surface area (Å²) in [5.41, 5.74) is 2.84. The maximum atomic E-state index is 12.5. The van der Waals surface area contributed by atoms with Gasteiger partial charge in [0, 0.05) is 55.7 Å². The number of piperazine rings is 1. The fourth-order valence-electron chi connectivity index (χ4n) is 3.87. The second-order valence-electron chi connectivity index (χ2n) is 7.81. The third kappa shape index (κ3) is 5.32. The zero-order valence-electron chi connectivity index (χ0n) is 18.2. The second kappa shape index (κ2) is 10.1. The fraction of sp³-hybridized carbons (Fsp3) is 0.417. The van der Waals surface area contributed by atoms with Crippen LogP contribution in [0.2, 0.25) is 0 Å². The van der Waals surface area contributed by atoms with Crippen LogP contribution in [0.4, 0.5) is 11.4 Å². The van der Waals surface area contributed by atoms with Gasteiger partial charge in [0.2, 0.25) is 5.91 Å². The minimum absolute atomic E-state index is 0.0268. The molecule has 0 aromatic heterocycles. The van der Waals surface area contributed by atoms with Crippen molar-refractivity contribution in [3.63, 3.8) is 0 Å². The number of benzene rings is 2. The van der Waals surface area contributed by atoms with Crippen LogP contribution < -0.4 is 15.1 Å². The van der Waals surface area contributed by atoms with Crippen molar-refractivity contribution in [1.82, 2.24) is 10.2 Å². The number of para-hydroxylation sites is 1. The van der Waals surface area contributed by atoms with Gasteiger partial charge in [0.05, 0.1) is 6.54 Å². The highest BCUT2D eigenvalue weighted by Crippen LogP contribution is 2.18. The van der Waals surface area contributed by atoms with Gasteiger partial charge in [-0.25, -0.2) is 0 Å². The number of hydrogen-bond acceptors (Lipinski definition) is 4. The van der Waals surface area contributed by atoms with E-state index in [2.05, 4.69) is 48.0 Å². The molecule has 1 fully saturated rings. The molecule has 1 aliphatic heterocycles. The van der Waals surface area contributed by atoms with Crippen LogP contribution in [0.1, 0.15) is 31.1 Å². The molecule has 0 spiro atoms. The van der Waals surface area contributed by atoms with E-state index in [9.17, 15) is 9.59 Å². The SMILES string of the molecule is CCN(c1ccc(C(=O)NCC(=O)N2CCN(c3ccccc3)CC2)cc1)C(C)C. The molecule has 0 unspecified atom stereocenters. The summed E-state index contributed by atoms with van der Waals surface area (Å²) in [6, 6.07) is 18.2. The number of amides is 2. The molecule has 0 bridgehead atoms. The Morgan fingerprint density at radius 3 is 2.17 bits per heavy atom. The Labute approximate surface area is 179 Å². The lowest BCUT2D eigenvalue weighted by Crippen LogP contribution is -2.51. The Bertz CT molecular complexity index is 828. The number of hydrogen-bond donors (Lipinski definition) is 1. The number of anilines is 2. The van der Waals surface area contributed by atoms with Crippen molar-refractivity contribution in [2.24, 2.45) is 0 Å². The molecule has 2 aromatic rings. The minimum atomic E-state index is -0.217. The highest BCUT2D eigenvalue weighted by atomic mass is 16.2.